The highest BCUT2D eigenvalue weighted by atomic mass is 35.5. The van der Waals surface area contributed by atoms with Crippen molar-refractivity contribution in [2.45, 2.75) is 32.4 Å². The summed E-state index contributed by atoms with van der Waals surface area (Å²) in [6, 6.07) is 8.94. The smallest absolute Gasteiger partial charge is 0.248 e. The first kappa shape index (κ1) is 21.4. The maximum atomic E-state index is 11.6. The fourth-order valence-electron chi connectivity index (χ4n) is 4.59. The van der Waals surface area contributed by atoms with Gasteiger partial charge in [-0.15, -0.1) is 0 Å². The van der Waals surface area contributed by atoms with Gasteiger partial charge < -0.3 is 20.3 Å². The molecule has 0 bridgehead atoms. The van der Waals surface area contributed by atoms with Gasteiger partial charge in [0.05, 0.1) is 11.4 Å². The Kier molecular flexibility index (Phi) is 5.52. The minimum absolute atomic E-state index is 0.277. The van der Waals surface area contributed by atoms with Crippen LogP contribution in [0.4, 0.5) is 5.69 Å². The van der Waals surface area contributed by atoms with E-state index in [0.717, 1.165) is 64.5 Å². The van der Waals surface area contributed by atoms with Crippen molar-refractivity contribution in [3.8, 4) is 5.75 Å². The molecule has 1 atom stereocenters. The van der Waals surface area contributed by atoms with E-state index in [4.69, 9.17) is 26.6 Å². The zero-order valence-electron chi connectivity index (χ0n) is 18.2. The first-order chi connectivity index (χ1) is 16.0. The van der Waals surface area contributed by atoms with Crippen LogP contribution in [0.2, 0.25) is 5.02 Å². The van der Waals surface area contributed by atoms with Crippen LogP contribution in [-0.2, 0) is 19.4 Å². The third-order valence-electron chi connectivity index (χ3n) is 6.15. The molecule has 1 unspecified atom stereocenters. The average molecular weight is 463 g/mol. The van der Waals surface area contributed by atoms with Gasteiger partial charge in [-0.2, -0.15) is 0 Å². The van der Waals surface area contributed by atoms with Crippen LogP contribution in [0.15, 0.2) is 45.9 Å². The fourth-order valence-corrected chi connectivity index (χ4v) is 4.83. The lowest BCUT2D eigenvalue weighted by Crippen LogP contribution is -2.24. The van der Waals surface area contributed by atoms with Gasteiger partial charge in [-0.1, -0.05) is 28.9 Å². The number of aromatic nitrogens is 1. The number of hydrogen-bond donors (Lipinski definition) is 2. The molecule has 168 valence electrons. The average Bonchev–Trinajstić information content (AvgIpc) is 3.43. The van der Waals surface area contributed by atoms with Crippen LogP contribution in [0.3, 0.4) is 0 Å². The Hall–Kier alpha value is -3.42. The number of hydrogen-bond acceptors (Lipinski definition) is 6. The summed E-state index contributed by atoms with van der Waals surface area (Å²) < 4.78 is 12.2. The van der Waals surface area contributed by atoms with Crippen LogP contribution in [0.5, 0.6) is 5.75 Å². The first-order valence-electron chi connectivity index (χ1n) is 10.7. The maximum absolute atomic E-state index is 11.6. The van der Waals surface area contributed by atoms with Gasteiger partial charge in [0, 0.05) is 58.8 Å². The molecular formula is C25H23ClN4O3. The number of halogens is 1. The van der Waals surface area contributed by atoms with Crippen LogP contribution >= 0.6 is 11.6 Å². The van der Waals surface area contributed by atoms with Gasteiger partial charge in [0.25, 0.3) is 0 Å². The summed E-state index contributed by atoms with van der Waals surface area (Å²) in [4.78, 5) is 15.8. The predicted octanol–water partition coefficient (Wildman–Crippen LogP) is 4.53. The van der Waals surface area contributed by atoms with Crippen molar-refractivity contribution in [2.75, 3.05) is 6.54 Å². The van der Waals surface area contributed by atoms with E-state index < -0.39 is 5.91 Å². The van der Waals surface area contributed by atoms with Gasteiger partial charge in [-0.25, -0.2) is 0 Å². The fraction of sp³-hybridized carbons (Fsp3) is 0.240. The van der Waals surface area contributed by atoms with Crippen LogP contribution in [0, 0.1) is 0 Å². The maximum Gasteiger partial charge on any atom is 0.248 e. The first-order valence-corrected chi connectivity index (χ1v) is 11.1. The molecule has 0 spiro atoms. The van der Waals surface area contributed by atoms with Gasteiger partial charge in [0.1, 0.15) is 5.75 Å². The van der Waals surface area contributed by atoms with Crippen molar-refractivity contribution < 1.29 is 14.1 Å². The second-order valence-corrected chi connectivity index (χ2v) is 8.54. The van der Waals surface area contributed by atoms with Crippen molar-refractivity contribution >= 4 is 35.5 Å². The van der Waals surface area contributed by atoms with Gasteiger partial charge in [0.15, 0.2) is 11.9 Å². The third kappa shape index (κ3) is 3.73. The predicted molar refractivity (Wildman–Crippen MR) is 127 cm³/mol. The van der Waals surface area contributed by atoms with E-state index in [9.17, 15) is 4.79 Å². The van der Waals surface area contributed by atoms with Crippen LogP contribution in [-0.4, -0.2) is 24.3 Å². The Morgan fingerprint density at radius 1 is 1.33 bits per heavy atom. The van der Waals surface area contributed by atoms with Crippen molar-refractivity contribution in [3.63, 3.8) is 0 Å². The zero-order chi connectivity index (χ0) is 23.1. The molecule has 3 aromatic rings. The summed E-state index contributed by atoms with van der Waals surface area (Å²) in [5, 5.41) is 8.24. The summed E-state index contributed by atoms with van der Waals surface area (Å²) in [7, 11) is 0. The lowest BCUT2D eigenvalue weighted by molar-refractivity contribution is 0.100. The lowest BCUT2D eigenvalue weighted by Gasteiger charge is -2.17. The van der Waals surface area contributed by atoms with Crippen molar-refractivity contribution in [1.82, 2.24) is 10.5 Å². The highest BCUT2D eigenvalue weighted by molar-refractivity contribution is 6.31. The number of carbonyl (C=O) groups is 1. The molecule has 2 aliphatic heterocycles. The highest BCUT2D eigenvalue weighted by Crippen LogP contribution is 2.46. The molecule has 1 aromatic heterocycles. The number of carbonyl (C=O) groups excluding carboxylic acids is 1. The lowest BCUT2D eigenvalue weighted by atomic mass is 9.92. The summed E-state index contributed by atoms with van der Waals surface area (Å²) in [5.74, 6) is 0.991. The second-order valence-electron chi connectivity index (χ2n) is 8.11. The Morgan fingerprint density at radius 2 is 2.18 bits per heavy atom. The monoisotopic (exact) mass is 462 g/mol. The number of benzene rings is 2. The molecule has 1 amide bonds. The van der Waals surface area contributed by atoms with Gasteiger partial charge >= 0.3 is 0 Å². The number of nitrogens with one attached hydrogen (secondary N) is 1. The Labute approximate surface area is 196 Å². The molecule has 8 heteroatoms. The van der Waals surface area contributed by atoms with Gasteiger partial charge in [0.2, 0.25) is 5.91 Å². The third-order valence-corrected chi connectivity index (χ3v) is 6.37. The summed E-state index contributed by atoms with van der Waals surface area (Å²) in [6.07, 6.45) is 3.17. The molecule has 2 aromatic carbocycles. The summed E-state index contributed by atoms with van der Waals surface area (Å²) in [6.45, 7) is 7.21. The molecule has 0 radical (unpaired) electrons. The van der Waals surface area contributed by atoms with Crippen molar-refractivity contribution in [3.05, 3.63) is 80.7 Å². The van der Waals surface area contributed by atoms with Crippen molar-refractivity contribution in [2.24, 2.45) is 10.7 Å². The van der Waals surface area contributed by atoms with E-state index in [1.54, 1.807) is 12.1 Å². The number of fused-ring (bicyclic) bond motifs is 2. The molecule has 0 saturated heterocycles. The normalized spacial score (nSPS) is 17.3. The molecule has 5 rings (SSSR count). The molecule has 3 N–H and O–H groups in total. The number of ether oxygens (including phenoxy) is 1. The van der Waals surface area contributed by atoms with E-state index in [1.165, 1.54) is 0 Å². The molecule has 3 heterocycles. The van der Waals surface area contributed by atoms with Crippen LogP contribution in [0.25, 0.3) is 5.57 Å². The standard InChI is InChI=1S/C25H23ClN4O3/c1-3-16(17-5-4-13(25(27)31)9-21(17)28-2)18-11-15(26)8-14-10-22(32-23(14)18)24-19-12-29-7-6-20(19)30-33-24/h3-5,8-9,11,22,29H,2,6-7,10,12H2,1H3,(H2,27,31)/b16-3+. The molecule has 7 nitrogen and oxygen atoms in total. The number of nitrogens with two attached hydrogens (primary N) is 1. The number of nitrogens with zero attached hydrogens (tertiary/aromatic N) is 2. The van der Waals surface area contributed by atoms with Crippen LogP contribution in [0.1, 0.15) is 57.1 Å². The Balaban J connectivity index is 1.56. The quantitative estimate of drug-likeness (QED) is 0.542. The van der Waals surface area contributed by atoms with E-state index in [0.29, 0.717) is 22.7 Å². The van der Waals surface area contributed by atoms with Crippen LogP contribution < -0.4 is 15.8 Å². The molecule has 0 aliphatic carbocycles. The molecule has 2 aliphatic rings. The Bertz CT molecular complexity index is 1310. The number of amides is 1. The van der Waals surface area contributed by atoms with E-state index in [1.807, 2.05) is 31.2 Å². The van der Waals surface area contributed by atoms with Gasteiger partial charge in [-0.3, -0.25) is 9.79 Å². The summed E-state index contributed by atoms with van der Waals surface area (Å²) >= 11 is 6.52. The van der Waals surface area contributed by atoms with E-state index in [2.05, 4.69) is 22.2 Å². The minimum atomic E-state index is -0.520. The number of allylic oxidation sites excluding steroid dienone is 1. The molecule has 0 saturated carbocycles. The van der Waals surface area contributed by atoms with Gasteiger partial charge in [-0.05, 0) is 43.5 Å². The zero-order valence-corrected chi connectivity index (χ0v) is 18.9. The molecular weight excluding hydrogens is 440 g/mol. The number of primary amides is 1. The van der Waals surface area contributed by atoms with Crippen molar-refractivity contribution in [1.29, 1.82) is 0 Å². The SMILES string of the molecule is C=Nc1cc(C(N)=O)ccc1/C(=C\C)c1cc(Cl)cc2c1OC(c1onc3c1CNCC3)C2. The summed E-state index contributed by atoms with van der Waals surface area (Å²) in [5.41, 5.74) is 11.9. The van der Waals surface area contributed by atoms with E-state index in [-0.39, 0.29) is 6.10 Å². The minimum Gasteiger partial charge on any atom is -0.481 e. The molecule has 0 fully saturated rings. The topological polar surface area (TPSA) is 103 Å². The molecule has 33 heavy (non-hydrogen) atoms. The number of aliphatic imine (C=N–C) groups is 1. The highest BCUT2D eigenvalue weighted by Gasteiger charge is 2.34. The Morgan fingerprint density at radius 3 is 2.94 bits per heavy atom. The second kappa shape index (κ2) is 8.50. The largest absolute Gasteiger partial charge is 0.481 e. The van der Waals surface area contributed by atoms with E-state index >= 15 is 0 Å². The number of rotatable bonds is 5.